The molecule has 3 N–H and O–H groups in total. The molecule has 1 heterocycles. The third-order valence-electron chi connectivity index (χ3n) is 11.7. The average molecular weight is 435 g/mol. The Kier molecular flexibility index (Phi) is 4.79. The number of hydrogen-bond acceptors (Lipinski definition) is 5. The molecule has 0 radical (unpaired) electrons. The summed E-state index contributed by atoms with van der Waals surface area (Å²) in [5, 5.41) is 33.8. The molecular weight excluding hydrogens is 392 g/mol. The van der Waals surface area contributed by atoms with Gasteiger partial charge in [-0.2, -0.15) is 0 Å². The van der Waals surface area contributed by atoms with Crippen molar-refractivity contribution in [2.45, 2.75) is 97.9 Å². The molecule has 176 valence electrons. The van der Waals surface area contributed by atoms with Crippen molar-refractivity contribution in [2.24, 2.45) is 51.2 Å². The zero-order chi connectivity index (χ0) is 22.6. The van der Waals surface area contributed by atoms with Gasteiger partial charge in [0.25, 0.3) is 0 Å². The Bertz CT molecular complexity index is 765. The Morgan fingerprint density at radius 1 is 1.00 bits per heavy atom. The van der Waals surface area contributed by atoms with Crippen molar-refractivity contribution in [1.29, 1.82) is 0 Å². The normalized spacial score (nSPS) is 57.9. The third kappa shape index (κ3) is 2.57. The number of fused-ring (bicyclic) bond motifs is 7. The first-order valence-electron chi connectivity index (χ1n) is 12.6. The van der Waals surface area contributed by atoms with Crippen molar-refractivity contribution in [3.05, 3.63) is 0 Å². The number of aliphatic hydroxyl groups excluding tert-OH is 3. The molecule has 31 heavy (non-hydrogen) atoms. The summed E-state index contributed by atoms with van der Waals surface area (Å²) >= 11 is 0. The Hall–Kier alpha value is -0.650. The van der Waals surface area contributed by atoms with Crippen molar-refractivity contribution in [2.75, 3.05) is 6.61 Å². The van der Waals surface area contributed by atoms with Crippen LogP contribution in [0.1, 0.15) is 79.6 Å². The van der Waals surface area contributed by atoms with Crippen molar-refractivity contribution >= 4 is 5.97 Å². The van der Waals surface area contributed by atoms with Gasteiger partial charge in [-0.25, -0.2) is 0 Å². The van der Waals surface area contributed by atoms with Crippen LogP contribution in [-0.2, 0) is 9.53 Å². The lowest BCUT2D eigenvalue weighted by atomic mass is 9.33. The highest BCUT2D eigenvalue weighted by Gasteiger charge is 2.73. The molecular formula is C26H42O5. The number of esters is 1. The number of carbonyl (C=O) groups excluding carboxylic acids is 1. The lowest BCUT2D eigenvalue weighted by Crippen LogP contribution is -2.70. The van der Waals surface area contributed by atoms with E-state index in [0.29, 0.717) is 18.8 Å². The SMILES string of the molecule is CC1OC(=O)[C@H]2C1[C@@H](O)CC1[C@]3(C)CCC4C(C)(C)CCC[C@]4(CO)C3C[C@@H](O)[C@@]12C. The Labute approximate surface area is 186 Å². The number of cyclic esters (lactones) is 1. The van der Waals surface area contributed by atoms with Crippen LogP contribution in [0.15, 0.2) is 0 Å². The van der Waals surface area contributed by atoms with Crippen LogP contribution < -0.4 is 0 Å². The molecule has 5 unspecified atom stereocenters. The summed E-state index contributed by atoms with van der Waals surface area (Å²) in [6, 6.07) is 0. The van der Waals surface area contributed by atoms with E-state index >= 15 is 0 Å². The second-order valence-corrected chi connectivity index (χ2v) is 13.1. The maximum Gasteiger partial charge on any atom is 0.310 e. The smallest absolute Gasteiger partial charge is 0.310 e. The predicted octanol–water partition coefficient (Wildman–Crippen LogP) is 3.54. The molecule has 4 aliphatic carbocycles. The van der Waals surface area contributed by atoms with Crippen LogP contribution in [0.4, 0.5) is 0 Å². The maximum absolute atomic E-state index is 13.0. The highest BCUT2D eigenvalue weighted by molar-refractivity contribution is 5.77. The zero-order valence-corrected chi connectivity index (χ0v) is 19.9. The monoisotopic (exact) mass is 434 g/mol. The van der Waals surface area contributed by atoms with Crippen LogP contribution in [-0.4, -0.2) is 46.2 Å². The molecule has 0 spiro atoms. The van der Waals surface area contributed by atoms with Crippen LogP contribution in [0.25, 0.3) is 0 Å². The van der Waals surface area contributed by atoms with Crippen molar-refractivity contribution in [3.63, 3.8) is 0 Å². The van der Waals surface area contributed by atoms with Crippen molar-refractivity contribution < 1.29 is 24.9 Å². The molecule has 0 aromatic carbocycles. The highest BCUT2D eigenvalue weighted by atomic mass is 16.6. The van der Waals surface area contributed by atoms with Crippen molar-refractivity contribution in [1.82, 2.24) is 0 Å². The fourth-order valence-electron chi connectivity index (χ4n) is 10.3. The van der Waals surface area contributed by atoms with E-state index in [0.717, 1.165) is 25.7 Å². The van der Waals surface area contributed by atoms with Gasteiger partial charge in [-0.15, -0.1) is 0 Å². The Balaban J connectivity index is 1.61. The molecule has 5 heteroatoms. The van der Waals surface area contributed by atoms with Gasteiger partial charge in [0.2, 0.25) is 0 Å². The summed E-state index contributed by atoms with van der Waals surface area (Å²) in [4.78, 5) is 13.0. The number of ether oxygens (including phenoxy) is 1. The molecule has 5 rings (SSSR count). The average Bonchev–Trinajstić information content (AvgIpc) is 3.00. The van der Waals surface area contributed by atoms with E-state index in [1.165, 1.54) is 6.42 Å². The van der Waals surface area contributed by atoms with E-state index in [4.69, 9.17) is 4.74 Å². The lowest BCUT2D eigenvalue weighted by Gasteiger charge is -2.71. The van der Waals surface area contributed by atoms with Gasteiger partial charge < -0.3 is 20.1 Å². The molecule has 5 fully saturated rings. The molecule has 1 saturated heterocycles. The van der Waals surface area contributed by atoms with Crippen LogP contribution in [0.3, 0.4) is 0 Å². The zero-order valence-electron chi connectivity index (χ0n) is 19.9. The molecule has 1 aliphatic heterocycles. The molecule has 0 bridgehead atoms. The Morgan fingerprint density at radius 2 is 1.71 bits per heavy atom. The standard InChI is InChI=1S/C26H42O5/c1-14-20-15(28)11-17-24(4)10-7-16-23(2,3)8-6-9-26(16,13-27)18(24)12-19(29)25(17,5)21(20)22(30)31-14/h14-21,27-29H,6-13H2,1-5H3/t14?,15-,16?,17?,18?,19+,20?,21+,24-,25+,26+/m0/s1. The number of aliphatic hydroxyl groups is 3. The molecule has 5 nitrogen and oxygen atoms in total. The van der Waals surface area contributed by atoms with E-state index in [2.05, 4.69) is 27.7 Å². The fraction of sp³-hybridized carbons (Fsp3) is 0.962. The summed E-state index contributed by atoms with van der Waals surface area (Å²) in [5.41, 5.74) is -0.693. The van der Waals surface area contributed by atoms with Gasteiger partial charge in [0, 0.05) is 23.4 Å². The third-order valence-corrected chi connectivity index (χ3v) is 11.7. The minimum absolute atomic E-state index is 0.0391. The topological polar surface area (TPSA) is 87.0 Å². The first-order valence-corrected chi connectivity index (χ1v) is 12.6. The summed E-state index contributed by atoms with van der Waals surface area (Å²) in [7, 11) is 0. The van der Waals surface area contributed by atoms with E-state index in [1.54, 1.807) is 0 Å². The van der Waals surface area contributed by atoms with Crippen LogP contribution >= 0.6 is 0 Å². The van der Waals surface area contributed by atoms with E-state index < -0.39 is 23.5 Å². The first-order chi connectivity index (χ1) is 14.4. The van der Waals surface area contributed by atoms with Gasteiger partial charge in [0.15, 0.2) is 0 Å². The minimum atomic E-state index is -0.624. The predicted molar refractivity (Wildman–Crippen MR) is 117 cm³/mol. The first kappa shape index (κ1) is 22.2. The number of rotatable bonds is 1. The second kappa shape index (κ2) is 6.70. The summed E-state index contributed by atoms with van der Waals surface area (Å²) in [5.74, 6) is -0.234. The molecule has 0 aromatic heterocycles. The van der Waals surface area contributed by atoms with Crippen LogP contribution in [0.5, 0.6) is 0 Å². The van der Waals surface area contributed by atoms with Crippen LogP contribution in [0, 0.1) is 51.2 Å². The molecule has 0 amide bonds. The highest BCUT2D eigenvalue weighted by Crippen LogP contribution is 2.74. The van der Waals surface area contributed by atoms with Gasteiger partial charge in [-0.05, 0) is 74.0 Å². The number of carbonyl (C=O) groups is 1. The largest absolute Gasteiger partial charge is 0.462 e. The lowest BCUT2D eigenvalue weighted by molar-refractivity contribution is -0.267. The van der Waals surface area contributed by atoms with Gasteiger partial charge in [0.1, 0.15) is 6.10 Å². The Morgan fingerprint density at radius 3 is 2.39 bits per heavy atom. The quantitative estimate of drug-likeness (QED) is 0.550. The second-order valence-electron chi connectivity index (χ2n) is 13.1. The van der Waals surface area contributed by atoms with E-state index in [9.17, 15) is 20.1 Å². The summed E-state index contributed by atoms with van der Waals surface area (Å²) < 4.78 is 5.61. The van der Waals surface area contributed by atoms with Gasteiger partial charge in [-0.1, -0.05) is 34.1 Å². The molecule has 0 aromatic rings. The van der Waals surface area contributed by atoms with E-state index in [-0.39, 0.29) is 52.7 Å². The van der Waals surface area contributed by atoms with Gasteiger partial charge >= 0.3 is 5.97 Å². The molecule has 5 aliphatic rings. The molecule has 11 atom stereocenters. The maximum atomic E-state index is 13.0. The van der Waals surface area contributed by atoms with Crippen LogP contribution in [0.2, 0.25) is 0 Å². The summed E-state index contributed by atoms with van der Waals surface area (Å²) in [6.45, 7) is 11.2. The minimum Gasteiger partial charge on any atom is -0.462 e. The summed E-state index contributed by atoms with van der Waals surface area (Å²) in [6.07, 6.45) is 5.17. The fourth-order valence-corrected chi connectivity index (χ4v) is 10.3. The molecule has 4 saturated carbocycles. The van der Waals surface area contributed by atoms with E-state index in [1.807, 2.05) is 6.92 Å². The van der Waals surface area contributed by atoms with Gasteiger partial charge in [0.05, 0.1) is 18.1 Å². The number of hydrogen-bond donors (Lipinski definition) is 3. The van der Waals surface area contributed by atoms with Gasteiger partial charge in [-0.3, -0.25) is 4.79 Å². The van der Waals surface area contributed by atoms with Crippen molar-refractivity contribution in [3.8, 4) is 0 Å².